The van der Waals surface area contributed by atoms with E-state index < -0.39 is 0 Å². The number of pyridine rings is 1. The molecule has 0 aliphatic rings. The Morgan fingerprint density at radius 3 is 2.88 bits per heavy atom. The number of ketones is 1. The summed E-state index contributed by atoms with van der Waals surface area (Å²) in [5.41, 5.74) is 0.954. The number of nitrogens with zero attached hydrogens (tertiary/aromatic N) is 1. The first kappa shape index (κ1) is 10.6. The third-order valence-electron chi connectivity index (χ3n) is 2.34. The van der Waals surface area contributed by atoms with Crippen LogP contribution >= 0.6 is 0 Å². The summed E-state index contributed by atoms with van der Waals surface area (Å²) in [6.07, 6.45) is 4.91. The predicted molar refractivity (Wildman–Crippen MR) is 60.0 cm³/mol. The third-order valence-corrected chi connectivity index (χ3v) is 2.34. The van der Waals surface area contributed by atoms with Crippen LogP contribution in [0.25, 0.3) is 0 Å². The minimum atomic E-state index is 0.181. The maximum atomic E-state index is 11.6. The van der Waals surface area contributed by atoms with Gasteiger partial charge in [-0.05, 0) is 30.7 Å². The molecule has 2 rings (SSSR count). The Balaban J connectivity index is 1.80. The molecule has 3 nitrogen and oxygen atoms in total. The number of carbonyl (C=O) groups excluding carboxylic acids is 1. The van der Waals surface area contributed by atoms with Gasteiger partial charge in [0.25, 0.3) is 0 Å². The van der Waals surface area contributed by atoms with Gasteiger partial charge in [0.2, 0.25) is 0 Å². The van der Waals surface area contributed by atoms with Crippen LogP contribution in [0.4, 0.5) is 0 Å². The number of aryl methyl sites for hydroxylation is 1. The Hall–Kier alpha value is -1.90. The van der Waals surface area contributed by atoms with E-state index in [0.717, 1.165) is 11.5 Å². The van der Waals surface area contributed by atoms with Gasteiger partial charge < -0.3 is 4.42 Å². The molecule has 0 N–H and O–H groups in total. The van der Waals surface area contributed by atoms with Crippen LogP contribution in [0.3, 0.4) is 0 Å². The number of aromatic nitrogens is 1. The van der Waals surface area contributed by atoms with Crippen molar-refractivity contribution in [2.45, 2.75) is 19.3 Å². The van der Waals surface area contributed by atoms with Crippen LogP contribution in [0.2, 0.25) is 0 Å². The average Bonchev–Trinajstić information content (AvgIpc) is 2.81. The average molecular weight is 215 g/mol. The molecule has 2 heterocycles. The summed E-state index contributed by atoms with van der Waals surface area (Å²) >= 11 is 0. The van der Waals surface area contributed by atoms with Crippen molar-refractivity contribution in [2.24, 2.45) is 0 Å². The topological polar surface area (TPSA) is 43.1 Å². The zero-order valence-corrected chi connectivity index (χ0v) is 8.93. The van der Waals surface area contributed by atoms with E-state index in [1.807, 2.05) is 24.3 Å². The van der Waals surface area contributed by atoms with Crippen LogP contribution in [0.15, 0.2) is 47.2 Å². The van der Waals surface area contributed by atoms with Crippen molar-refractivity contribution >= 4 is 5.78 Å². The highest BCUT2D eigenvalue weighted by atomic mass is 16.3. The van der Waals surface area contributed by atoms with Crippen LogP contribution < -0.4 is 0 Å². The molecule has 3 heteroatoms. The van der Waals surface area contributed by atoms with Crippen LogP contribution in [-0.4, -0.2) is 10.8 Å². The highest BCUT2D eigenvalue weighted by molar-refractivity contribution is 5.80. The maximum absolute atomic E-state index is 11.6. The molecule has 0 saturated carbocycles. The summed E-state index contributed by atoms with van der Waals surface area (Å²) in [7, 11) is 0. The lowest BCUT2D eigenvalue weighted by atomic mass is 10.1. The number of carbonyl (C=O) groups is 1. The van der Waals surface area contributed by atoms with Gasteiger partial charge in [0.15, 0.2) is 0 Å². The Bertz CT molecular complexity index is 434. The minimum Gasteiger partial charge on any atom is -0.469 e. The first-order valence-electron chi connectivity index (χ1n) is 5.28. The van der Waals surface area contributed by atoms with Crippen molar-refractivity contribution in [1.82, 2.24) is 4.98 Å². The van der Waals surface area contributed by atoms with E-state index in [9.17, 15) is 4.79 Å². The van der Waals surface area contributed by atoms with E-state index in [1.165, 1.54) is 0 Å². The van der Waals surface area contributed by atoms with E-state index in [-0.39, 0.29) is 5.78 Å². The Morgan fingerprint density at radius 1 is 1.25 bits per heavy atom. The molecule has 0 aliphatic carbocycles. The fraction of sp³-hybridized carbons (Fsp3) is 0.231. The zero-order chi connectivity index (χ0) is 11.2. The van der Waals surface area contributed by atoms with Crippen LogP contribution in [0, 0.1) is 0 Å². The molecule has 0 bridgehead atoms. The molecule has 0 amide bonds. The molecule has 82 valence electrons. The summed E-state index contributed by atoms with van der Waals surface area (Å²) in [6.45, 7) is 0. The maximum Gasteiger partial charge on any atom is 0.140 e. The SMILES string of the molecule is O=C(CCc1ccccn1)Cc1ccco1. The molecular weight excluding hydrogens is 202 g/mol. The second-order valence-electron chi connectivity index (χ2n) is 3.62. The Labute approximate surface area is 94.1 Å². The molecule has 0 saturated heterocycles. The molecule has 0 unspecified atom stereocenters. The van der Waals surface area contributed by atoms with E-state index in [2.05, 4.69) is 4.98 Å². The fourth-order valence-corrected chi connectivity index (χ4v) is 1.51. The van der Waals surface area contributed by atoms with Gasteiger partial charge in [0, 0.05) is 18.3 Å². The fourth-order valence-electron chi connectivity index (χ4n) is 1.51. The van der Waals surface area contributed by atoms with Crippen molar-refractivity contribution in [3.05, 3.63) is 54.2 Å². The zero-order valence-electron chi connectivity index (χ0n) is 8.93. The first-order valence-corrected chi connectivity index (χ1v) is 5.28. The number of hydrogen-bond donors (Lipinski definition) is 0. The number of hydrogen-bond acceptors (Lipinski definition) is 3. The van der Waals surface area contributed by atoms with Crippen LogP contribution in [0.5, 0.6) is 0 Å². The molecular formula is C13H13NO2. The second-order valence-corrected chi connectivity index (χ2v) is 3.62. The van der Waals surface area contributed by atoms with Gasteiger partial charge >= 0.3 is 0 Å². The quantitative estimate of drug-likeness (QED) is 0.769. The highest BCUT2D eigenvalue weighted by Crippen LogP contribution is 2.05. The van der Waals surface area contributed by atoms with E-state index in [1.54, 1.807) is 18.5 Å². The predicted octanol–water partition coefficient (Wildman–Crippen LogP) is 2.42. The van der Waals surface area contributed by atoms with Crippen molar-refractivity contribution in [3.63, 3.8) is 0 Å². The Morgan fingerprint density at radius 2 is 2.19 bits per heavy atom. The van der Waals surface area contributed by atoms with Gasteiger partial charge in [-0.1, -0.05) is 6.07 Å². The molecule has 0 aliphatic heterocycles. The van der Waals surface area contributed by atoms with Gasteiger partial charge in [-0.25, -0.2) is 0 Å². The largest absolute Gasteiger partial charge is 0.469 e. The summed E-state index contributed by atoms with van der Waals surface area (Å²) < 4.78 is 5.12. The second kappa shape index (κ2) is 5.26. The first-order chi connectivity index (χ1) is 7.84. The van der Waals surface area contributed by atoms with Crippen molar-refractivity contribution in [3.8, 4) is 0 Å². The summed E-state index contributed by atoms with van der Waals surface area (Å²) in [4.78, 5) is 15.8. The molecule has 0 spiro atoms. The molecule has 2 aromatic rings. The van der Waals surface area contributed by atoms with Crippen LogP contribution in [0.1, 0.15) is 17.9 Å². The van der Waals surface area contributed by atoms with Crippen molar-refractivity contribution < 1.29 is 9.21 Å². The monoisotopic (exact) mass is 215 g/mol. The van der Waals surface area contributed by atoms with Gasteiger partial charge in [0.1, 0.15) is 11.5 Å². The van der Waals surface area contributed by atoms with Crippen LogP contribution in [-0.2, 0) is 17.6 Å². The van der Waals surface area contributed by atoms with Crippen molar-refractivity contribution in [2.75, 3.05) is 0 Å². The summed E-state index contributed by atoms with van der Waals surface area (Å²) in [6, 6.07) is 9.34. The Kier molecular flexibility index (Phi) is 3.49. The van der Waals surface area contributed by atoms with Crippen molar-refractivity contribution in [1.29, 1.82) is 0 Å². The third kappa shape index (κ3) is 3.05. The lowest BCUT2D eigenvalue weighted by Gasteiger charge is -1.99. The minimum absolute atomic E-state index is 0.181. The number of Topliss-reactive ketones (excluding diaryl/α,β-unsaturated/α-hetero) is 1. The number of rotatable bonds is 5. The molecule has 0 atom stereocenters. The molecule has 0 radical (unpaired) electrons. The summed E-state index contributed by atoms with van der Waals surface area (Å²) in [5, 5.41) is 0. The number of furan rings is 1. The lowest BCUT2D eigenvalue weighted by Crippen LogP contribution is -2.04. The summed E-state index contributed by atoms with van der Waals surface area (Å²) in [5.74, 6) is 0.909. The lowest BCUT2D eigenvalue weighted by molar-refractivity contribution is -0.118. The molecule has 16 heavy (non-hydrogen) atoms. The van der Waals surface area contributed by atoms with Gasteiger partial charge in [0.05, 0.1) is 12.7 Å². The molecule has 0 aromatic carbocycles. The standard InChI is InChI=1S/C13H13NO2/c15-12(10-13-5-3-9-16-13)7-6-11-4-1-2-8-14-11/h1-5,8-9H,6-7,10H2. The van der Waals surface area contributed by atoms with Gasteiger partial charge in [-0.3, -0.25) is 9.78 Å². The van der Waals surface area contributed by atoms with Gasteiger partial charge in [-0.15, -0.1) is 0 Å². The highest BCUT2D eigenvalue weighted by Gasteiger charge is 2.06. The van der Waals surface area contributed by atoms with E-state index >= 15 is 0 Å². The smallest absolute Gasteiger partial charge is 0.140 e. The van der Waals surface area contributed by atoms with Gasteiger partial charge in [-0.2, -0.15) is 0 Å². The molecule has 0 fully saturated rings. The van der Waals surface area contributed by atoms with E-state index in [4.69, 9.17) is 4.42 Å². The van der Waals surface area contributed by atoms with E-state index in [0.29, 0.717) is 19.3 Å². The molecule has 2 aromatic heterocycles. The normalized spacial score (nSPS) is 10.2.